The molecular formula is C15H11N3O3S2. The zero-order valence-corrected chi connectivity index (χ0v) is 13.4. The summed E-state index contributed by atoms with van der Waals surface area (Å²) >= 11 is -0.293. The van der Waals surface area contributed by atoms with E-state index < -0.39 is 17.1 Å². The molecule has 0 aliphatic carbocycles. The fourth-order valence-corrected chi connectivity index (χ4v) is 3.79. The Morgan fingerprint density at radius 2 is 1.96 bits per heavy atom. The molecule has 0 saturated heterocycles. The molecule has 1 unspecified atom stereocenters. The Labute approximate surface area is 138 Å². The van der Waals surface area contributed by atoms with Crippen LogP contribution in [0.1, 0.15) is 0 Å². The number of nitrogens with two attached hydrogens (primary N) is 1. The first-order valence-corrected chi connectivity index (χ1v) is 8.72. The van der Waals surface area contributed by atoms with Crippen molar-refractivity contribution in [2.24, 2.45) is 5.73 Å². The highest BCUT2D eigenvalue weighted by molar-refractivity contribution is 7.92. The fraction of sp³-hybridized carbons (Fsp3) is 0.0667. The van der Waals surface area contributed by atoms with Crippen molar-refractivity contribution in [2.75, 3.05) is 5.75 Å². The van der Waals surface area contributed by atoms with E-state index in [1.807, 2.05) is 12.1 Å². The van der Waals surface area contributed by atoms with Crippen molar-refractivity contribution < 1.29 is 9.35 Å². The number of primary amides is 1. The van der Waals surface area contributed by atoms with Gasteiger partial charge >= 0.3 is 0 Å². The highest BCUT2D eigenvalue weighted by atomic mass is 32.2. The van der Waals surface area contributed by atoms with Crippen LogP contribution in [0.4, 0.5) is 0 Å². The smallest absolute Gasteiger partial charge is 0.279 e. The lowest BCUT2D eigenvalue weighted by Gasteiger charge is -2.08. The molecule has 2 heterocycles. The number of carbonyl (C=O) groups is 1. The van der Waals surface area contributed by atoms with Gasteiger partial charge in [0.05, 0.1) is 5.39 Å². The van der Waals surface area contributed by atoms with Crippen LogP contribution in [0.25, 0.3) is 20.8 Å². The zero-order chi connectivity index (χ0) is 16.4. The summed E-state index contributed by atoms with van der Waals surface area (Å²) in [5.74, 6) is -0.957. The highest BCUT2D eigenvalue weighted by Gasteiger charge is 2.17. The van der Waals surface area contributed by atoms with E-state index in [0.717, 1.165) is 4.70 Å². The minimum Gasteiger partial charge on any atom is -0.610 e. The normalized spacial score (nSPS) is 12.2. The van der Waals surface area contributed by atoms with Crippen LogP contribution in [-0.4, -0.2) is 26.2 Å². The first-order chi connectivity index (χ1) is 11.0. The molecule has 0 aliphatic rings. The highest BCUT2D eigenvalue weighted by Crippen LogP contribution is 2.25. The largest absolute Gasteiger partial charge is 0.610 e. The maximum atomic E-state index is 12.1. The molecule has 23 heavy (non-hydrogen) atoms. The summed E-state index contributed by atoms with van der Waals surface area (Å²) in [5.41, 5.74) is 5.16. The number of hydrogen-bond donors (Lipinski definition) is 1. The van der Waals surface area contributed by atoms with Gasteiger partial charge in [-0.2, -0.15) is 9.97 Å². The Morgan fingerprint density at radius 3 is 2.74 bits per heavy atom. The number of carbonyl (C=O) groups excluding carboxylic acids is 1. The molecule has 0 bridgehead atoms. The molecule has 1 aromatic carbocycles. The molecule has 2 aromatic heterocycles. The summed E-state index contributed by atoms with van der Waals surface area (Å²) < 4.78 is 12.8. The molecule has 1 amide bonds. The Balaban J connectivity index is 2.05. The van der Waals surface area contributed by atoms with Crippen LogP contribution in [0.3, 0.4) is 0 Å². The van der Waals surface area contributed by atoms with Gasteiger partial charge in [0.2, 0.25) is 5.03 Å². The predicted octanol–water partition coefficient (Wildman–Crippen LogP) is 1.31. The van der Waals surface area contributed by atoms with Crippen LogP contribution in [0.15, 0.2) is 52.3 Å². The topological polar surface area (TPSA) is 109 Å². The summed E-state index contributed by atoms with van der Waals surface area (Å²) in [4.78, 5) is 31.3. The zero-order valence-electron chi connectivity index (χ0n) is 11.8. The third-order valence-corrected chi connectivity index (χ3v) is 5.29. The molecule has 2 N–H and O–H groups in total. The predicted molar refractivity (Wildman–Crippen MR) is 89.6 cm³/mol. The van der Waals surface area contributed by atoms with Crippen molar-refractivity contribution in [3.8, 4) is 10.7 Å². The third-order valence-electron chi connectivity index (χ3n) is 2.98. The first kappa shape index (κ1) is 15.6. The lowest BCUT2D eigenvalue weighted by atomic mass is 10.3. The van der Waals surface area contributed by atoms with E-state index in [9.17, 15) is 14.1 Å². The van der Waals surface area contributed by atoms with E-state index >= 15 is 0 Å². The maximum Gasteiger partial charge on any atom is 0.279 e. The second kappa shape index (κ2) is 6.45. The van der Waals surface area contributed by atoms with Crippen molar-refractivity contribution >= 4 is 38.5 Å². The molecule has 0 aliphatic heterocycles. The fourth-order valence-electron chi connectivity index (χ4n) is 1.99. The summed E-state index contributed by atoms with van der Waals surface area (Å²) in [6.45, 7) is 0. The number of rotatable bonds is 4. The average molecular weight is 345 g/mol. The van der Waals surface area contributed by atoms with E-state index in [4.69, 9.17) is 5.73 Å². The van der Waals surface area contributed by atoms with Gasteiger partial charge < -0.3 is 10.3 Å². The maximum absolute atomic E-state index is 12.1. The van der Waals surface area contributed by atoms with E-state index in [-0.39, 0.29) is 16.3 Å². The molecule has 1 atom stereocenters. The van der Waals surface area contributed by atoms with E-state index in [2.05, 4.69) is 9.97 Å². The molecular weight excluding hydrogens is 334 g/mol. The average Bonchev–Trinajstić information content (AvgIpc) is 2.54. The lowest BCUT2D eigenvalue weighted by Crippen LogP contribution is -2.23. The molecule has 6 nitrogen and oxygen atoms in total. The van der Waals surface area contributed by atoms with Crippen LogP contribution >= 0.6 is 11.3 Å². The monoisotopic (exact) mass is 345 g/mol. The number of hydrogen-bond acceptors (Lipinski definition) is 6. The van der Waals surface area contributed by atoms with Gasteiger partial charge in [-0.3, -0.25) is 9.59 Å². The molecule has 3 rings (SSSR count). The quantitative estimate of drug-likeness (QED) is 0.717. The Bertz CT molecular complexity index is 942. The number of fused-ring (bicyclic) bond motifs is 1. The molecule has 0 radical (unpaired) electrons. The summed E-state index contributed by atoms with van der Waals surface area (Å²) in [7, 11) is 0. The van der Waals surface area contributed by atoms with Gasteiger partial charge in [0, 0.05) is 21.9 Å². The molecule has 116 valence electrons. The van der Waals surface area contributed by atoms with Crippen molar-refractivity contribution in [3.63, 3.8) is 0 Å². The van der Waals surface area contributed by atoms with Gasteiger partial charge in [-0.1, -0.05) is 18.2 Å². The lowest BCUT2D eigenvalue weighted by molar-refractivity contribution is -0.115. The first-order valence-electron chi connectivity index (χ1n) is 6.58. The summed E-state index contributed by atoms with van der Waals surface area (Å²) in [6, 6.07) is 12.1. The van der Waals surface area contributed by atoms with Gasteiger partial charge in [-0.05, 0) is 18.2 Å². The van der Waals surface area contributed by atoms with Crippen LogP contribution < -0.4 is 11.3 Å². The van der Waals surface area contributed by atoms with E-state index in [1.165, 1.54) is 11.3 Å². The van der Waals surface area contributed by atoms with Crippen LogP contribution in [0, 0.1) is 0 Å². The van der Waals surface area contributed by atoms with Crippen molar-refractivity contribution in [2.45, 2.75) is 5.03 Å². The molecule has 3 aromatic rings. The van der Waals surface area contributed by atoms with Gasteiger partial charge in [0.25, 0.3) is 11.5 Å². The summed E-state index contributed by atoms with van der Waals surface area (Å²) in [6.07, 6.45) is 0. The number of benzene rings is 1. The van der Waals surface area contributed by atoms with Gasteiger partial charge in [-0.15, -0.1) is 11.3 Å². The molecule has 0 fully saturated rings. The van der Waals surface area contributed by atoms with Crippen LogP contribution in [-0.2, 0) is 16.0 Å². The van der Waals surface area contributed by atoms with Crippen LogP contribution in [0.2, 0.25) is 0 Å². The van der Waals surface area contributed by atoms with Crippen molar-refractivity contribution in [1.29, 1.82) is 0 Å². The minimum atomic E-state index is -1.62. The summed E-state index contributed by atoms with van der Waals surface area (Å²) in [5, 5.41) is 1.22. The van der Waals surface area contributed by atoms with Crippen molar-refractivity contribution in [3.05, 3.63) is 52.8 Å². The number of amides is 1. The molecule has 0 spiro atoms. The SMILES string of the molecule is NC(=O)C[S+]([O-])c1cccc(-c2nc(=O)c3ccccc3s2)n1. The van der Waals surface area contributed by atoms with E-state index in [0.29, 0.717) is 16.1 Å². The number of aromatic nitrogens is 2. The van der Waals surface area contributed by atoms with Gasteiger partial charge in [0.1, 0.15) is 10.7 Å². The standard InChI is InChI=1S/C15H11N3O3S2/c16-12(19)8-23(21)13-7-3-5-10(17-13)15-18-14(20)9-4-1-2-6-11(9)22-15/h1-7H,8H2,(H2,16,19). The second-order valence-corrected chi connectivity index (χ2v) is 7.07. The number of nitrogens with zero attached hydrogens (tertiary/aromatic N) is 2. The minimum absolute atomic E-state index is 0.232. The molecule has 8 heteroatoms. The number of pyridine rings is 1. The Kier molecular flexibility index (Phi) is 4.37. The van der Waals surface area contributed by atoms with Crippen LogP contribution in [0.5, 0.6) is 0 Å². The third kappa shape index (κ3) is 3.39. The van der Waals surface area contributed by atoms with E-state index in [1.54, 1.807) is 30.3 Å². The van der Waals surface area contributed by atoms with Gasteiger partial charge in [-0.25, -0.2) is 0 Å². The van der Waals surface area contributed by atoms with Crippen molar-refractivity contribution in [1.82, 2.24) is 9.97 Å². The van der Waals surface area contributed by atoms with Gasteiger partial charge in [0.15, 0.2) is 5.75 Å². The Hall–Kier alpha value is -2.29. The molecule has 0 saturated carbocycles. The Morgan fingerprint density at radius 1 is 1.17 bits per heavy atom. The second-order valence-electron chi connectivity index (χ2n) is 4.64.